The number of ether oxygens (including phenoxy) is 1. The number of nitrogens with one attached hydrogen (secondary N) is 1. The van der Waals surface area contributed by atoms with E-state index in [-0.39, 0.29) is 0 Å². The average molecular weight is 227 g/mol. The van der Waals surface area contributed by atoms with Crippen LogP contribution in [-0.2, 0) is 0 Å². The van der Waals surface area contributed by atoms with Crippen molar-refractivity contribution in [2.75, 3.05) is 14.2 Å². The molecule has 1 heterocycles. The molecule has 0 saturated heterocycles. The van der Waals surface area contributed by atoms with Gasteiger partial charge in [0.2, 0.25) is 0 Å². The molecule has 3 heteroatoms. The van der Waals surface area contributed by atoms with Crippen LogP contribution in [0.1, 0.15) is 37.6 Å². The van der Waals surface area contributed by atoms with Crippen LogP contribution in [0.25, 0.3) is 0 Å². The third-order valence-electron chi connectivity index (χ3n) is 2.99. The van der Waals surface area contributed by atoms with E-state index in [1.165, 1.54) is 17.7 Å². The molecule has 0 saturated carbocycles. The van der Waals surface area contributed by atoms with Crippen LogP contribution in [0.5, 0.6) is 5.75 Å². The van der Waals surface area contributed by atoms with Gasteiger partial charge in [0, 0.05) is 6.04 Å². The fourth-order valence-corrected chi connectivity index (χ4v) is 3.11. The number of hydrogen-bond donors (Lipinski definition) is 1. The second-order valence-corrected chi connectivity index (χ2v) is 4.64. The Morgan fingerprint density at radius 3 is 2.53 bits per heavy atom. The van der Waals surface area contributed by atoms with E-state index in [9.17, 15) is 0 Å². The molecule has 1 atom stereocenters. The zero-order chi connectivity index (χ0) is 11.3. The van der Waals surface area contributed by atoms with Crippen molar-refractivity contribution in [2.45, 2.75) is 32.7 Å². The van der Waals surface area contributed by atoms with Crippen molar-refractivity contribution in [3.8, 4) is 5.75 Å². The van der Waals surface area contributed by atoms with Crippen molar-refractivity contribution in [2.24, 2.45) is 5.92 Å². The van der Waals surface area contributed by atoms with E-state index in [2.05, 4.69) is 24.5 Å². The molecular formula is C12H21NOS. The largest absolute Gasteiger partial charge is 0.496 e. The van der Waals surface area contributed by atoms with Crippen molar-refractivity contribution in [1.82, 2.24) is 5.32 Å². The number of thiophene rings is 1. The summed E-state index contributed by atoms with van der Waals surface area (Å²) >= 11 is 1.78. The van der Waals surface area contributed by atoms with Crippen LogP contribution in [0.2, 0.25) is 0 Å². The van der Waals surface area contributed by atoms with Gasteiger partial charge in [0.25, 0.3) is 0 Å². The summed E-state index contributed by atoms with van der Waals surface area (Å²) in [6.07, 6.45) is 2.39. The molecule has 0 bridgehead atoms. The zero-order valence-corrected chi connectivity index (χ0v) is 10.9. The van der Waals surface area contributed by atoms with Crippen molar-refractivity contribution in [1.29, 1.82) is 0 Å². The molecule has 1 unspecified atom stereocenters. The standard InChI is InChI=1S/C12H21NOS/c1-5-9(6-2)11(13-3)12-10(14-4)7-8-15-12/h7-9,11,13H,5-6H2,1-4H3. The lowest BCUT2D eigenvalue weighted by molar-refractivity contribution is 0.346. The summed E-state index contributed by atoms with van der Waals surface area (Å²) in [5.74, 6) is 1.70. The number of rotatable bonds is 6. The summed E-state index contributed by atoms with van der Waals surface area (Å²) in [5, 5.41) is 5.51. The third kappa shape index (κ3) is 2.73. The van der Waals surface area contributed by atoms with E-state index in [4.69, 9.17) is 4.74 Å². The van der Waals surface area contributed by atoms with Crippen LogP contribution < -0.4 is 10.1 Å². The van der Waals surface area contributed by atoms with Crippen molar-refractivity contribution in [3.63, 3.8) is 0 Å². The minimum absolute atomic E-state index is 0.426. The highest BCUT2D eigenvalue weighted by Gasteiger charge is 2.22. The fourth-order valence-electron chi connectivity index (χ4n) is 2.05. The molecule has 1 aromatic heterocycles. The summed E-state index contributed by atoms with van der Waals surface area (Å²) in [6.45, 7) is 4.50. The van der Waals surface area contributed by atoms with E-state index < -0.39 is 0 Å². The third-order valence-corrected chi connectivity index (χ3v) is 3.97. The van der Waals surface area contributed by atoms with Gasteiger partial charge in [-0.15, -0.1) is 11.3 Å². The molecular weight excluding hydrogens is 206 g/mol. The van der Waals surface area contributed by atoms with Crippen LogP contribution in [0.3, 0.4) is 0 Å². The van der Waals surface area contributed by atoms with Gasteiger partial charge in [-0.3, -0.25) is 0 Å². The second-order valence-electron chi connectivity index (χ2n) is 3.70. The Bertz CT molecular complexity index is 281. The Kier molecular flexibility index (Phi) is 5.12. The average Bonchev–Trinajstić information content (AvgIpc) is 2.73. The minimum atomic E-state index is 0.426. The van der Waals surface area contributed by atoms with Gasteiger partial charge >= 0.3 is 0 Å². The highest BCUT2D eigenvalue weighted by molar-refractivity contribution is 7.10. The molecule has 15 heavy (non-hydrogen) atoms. The molecule has 0 aliphatic rings. The Morgan fingerprint density at radius 2 is 2.07 bits per heavy atom. The fraction of sp³-hybridized carbons (Fsp3) is 0.667. The first kappa shape index (κ1) is 12.5. The quantitative estimate of drug-likeness (QED) is 0.803. The molecule has 0 aliphatic carbocycles. The summed E-state index contributed by atoms with van der Waals surface area (Å²) in [7, 11) is 3.77. The molecule has 1 N–H and O–H groups in total. The molecule has 0 spiro atoms. The molecule has 0 aliphatic heterocycles. The SMILES string of the molecule is CCC(CC)C(NC)c1sccc1OC. The van der Waals surface area contributed by atoms with Crippen LogP contribution in [0.15, 0.2) is 11.4 Å². The predicted molar refractivity (Wildman–Crippen MR) is 66.7 cm³/mol. The monoisotopic (exact) mass is 227 g/mol. The summed E-state index contributed by atoms with van der Waals surface area (Å²) in [6, 6.07) is 2.47. The smallest absolute Gasteiger partial charge is 0.134 e. The van der Waals surface area contributed by atoms with Crippen LogP contribution in [0, 0.1) is 5.92 Å². The lowest BCUT2D eigenvalue weighted by Crippen LogP contribution is -2.24. The van der Waals surface area contributed by atoms with Crippen LogP contribution in [-0.4, -0.2) is 14.2 Å². The molecule has 2 nitrogen and oxygen atoms in total. The lowest BCUT2D eigenvalue weighted by atomic mass is 9.93. The summed E-state index contributed by atoms with van der Waals surface area (Å²) in [4.78, 5) is 1.33. The van der Waals surface area contributed by atoms with Gasteiger partial charge < -0.3 is 10.1 Å². The van der Waals surface area contributed by atoms with Gasteiger partial charge in [0.15, 0.2) is 0 Å². The number of methoxy groups -OCH3 is 1. The molecule has 1 rings (SSSR count). The van der Waals surface area contributed by atoms with E-state index in [0.29, 0.717) is 12.0 Å². The van der Waals surface area contributed by atoms with Crippen LogP contribution in [0.4, 0.5) is 0 Å². The van der Waals surface area contributed by atoms with E-state index in [1.54, 1.807) is 18.4 Å². The van der Waals surface area contributed by atoms with Gasteiger partial charge in [-0.2, -0.15) is 0 Å². The van der Waals surface area contributed by atoms with Crippen molar-refractivity contribution >= 4 is 11.3 Å². The zero-order valence-electron chi connectivity index (χ0n) is 10.0. The normalized spacial score (nSPS) is 13.1. The van der Waals surface area contributed by atoms with E-state index >= 15 is 0 Å². The summed E-state index contributed by atoms with van der Waals surface area (Å²) < 4.78 is 5.38. The van der Waals surface area contributed by atoms with E-state index in [0.717, 1.165) is 5.75 Å². The van der Waals surface area contributed by atoms with Gasteiger partial charge in [-0.05, 0) is 24.4 Å². The first-order chi connectivity index (χ1) is 7.28. The molecule has 86 valence electrons. The number of hydrogen-bond acceptors (Lipinski definition) is 3. The maximum absolute atomic E-state index is 5.38. The second kappa shape index (κ2) is 6.13. The Balaban J connectivity index is 2.90. The minimum Gasteiger partial charge on any atom is -0.496 e. The van der Waals surface area contributed by atoms with Crippen LogP contribution >= 0.6 is 11.3 Å². The maximum Gasteiger partial charge on any atom is 0.134 e. The van der Waals surface area contributed by atoms with Crippen molar-refractivity contribution in [3.05, 3.63) is 16.3 Å². The molecule has 0 fully saturated rings. The molecule has 0 radical (unpaired) electrons. The maximum atomic E-state index is 5.38. The lowest BCUT2D eigenvalue weighted by Gasteiger charge is -2.24. The first-order valence-corrected chi connectivity index (χ1v) is 6.45. The topological polar surface area (TPSA) is 21.3 Å². The summed E-state index contributed by atoms with van der Waals surface area (Å²) in [5.41, 5.74) is 0. The van der Waals surface area contributed by atoms with Gasteiger partial charge in [-0.25, -0.2) is 0 Å². The van der Waals surface area contributed by atoms with Gasteiger partial charge in [0.1, 0.15) is 5.75 Å². The highest BCUT2D eigenvalue weighted by atomic mass is 32.1. The van der Waals surface area contributed by atoms with Gasteiger partial charge in [0.05, 0.1) is 12.0 Å². The highest BCUT2D eigenvalue weighted by Crippen LogP contribution is 2.36. The molecule has 0 amide bonds. The Labute approximate surface area is 96.7 Å². The Morgan fingerprint density at radius 1 is 1.40 bits per heavy atom. The Hall–Kier alpha value is -0.540. The predicted octanol–water partition coefficient (Wildman–Crippen LogP) is 3.45. The van der Waals surface area contributed by atoms with Gasteiger partial charge in [-0.1, -0.05) is 26.7 Å². The van der Waals surface area contributed by atoms with Crippen molar-refractivity contribution < 1.29 is 4.74 Å². The molecule has 0 aromatic carbocycles. The van der Waals surface area contributed by atoms with E-state index in [1.807, 2.05) is 13.1 Å². The first-order valence-electron chi connectivity index (χ1n) is 5.57. The molecule has 1 aromatic rings.